The highest BCUT2D eigenvalue weighted by Gasteiger charge is 2.27. The van der Waals surface area contributed by atoms with Gasteiger partial charge in [-0.25, -0.2) is 5.53 Å². The highest BCUT2D eigenvalue weighted by Crippen LogP contribution is 2.47. The van der Waals surface area contributed by atoms with Gasteiger partial charge in [0.25, 0.3) is 20.2 Å². The van der Waals surface area contributed by atoms with Crippen LogP contribution in [0.2, 0.25) is 0 Å². The van der Waals surface area contributed by atoms with Gasteiger partial charge in [-0.2, -0.15) is 27.1 Å². The average Bonchev–Trinajstić information content (AvgIpc) is 2.66. The predicted octanol–water partition coefficient (Wildman–Crippen LogP) is 3.70. The van der Waals surface area contributed by atoms with Gasteiger partial charge in [0.05, 0.1) is 16.8 Å². The lowest BCUT2D eigenvalue weighted by Gasteiger charge is -2.13. The standard InChI is InChI=1S/C16H13N5O7S2/c17-13-12-8(6-10(14(13)19-18)29(23,24)25)7-11(30(26,27)28)15(16(12)22)21-20-9-4-2-1-3-5-9/h1-7,18,22H,17H2,(H,23,24,25)(H,26,27,28)/b19-18?,21-20+. The highest BCUT2D eigenvalue weighted by molar-refractivity contribution is 7.86. The molecule has 0 aliphatic carbocycles. The third-order valence-corrected chi connectivity index (χ3v) is 5.74. The Morgan fingerprint density at radius 3 is 1.90 bits per heavy atom. The summed E-state index contributed by atoms with van der Waals surface area (Å²) in [4.78, 5) is -1.77. The van der Waals surface area contributed by atoms with Crippen molar-refractivity contribution in [2.75, 3.05) is 5.73 Å². The van der Waals surface area contributed by atoms with Gasteiger partial charge >= 0.3 is 0 Å². The summed E-state index contributed by atoms with van der Waals surface area (Å²) in [6.45, 7) is 0. The summed E-state index contributed by atoms with van der Waals surface area (Å²) in [6.07, 6.45) is 0. The van der Waals surface area contributed by atoms with E-state index in [0.717, 1.165) is 12.1 Å². The topological polar surface area (TPSA) is 216 Å². The average molecular weight is 451 g/mol. The molecule has 0 saturated heterocycles. The smallest absolute Gasteiger partial charge is 0.296 e. The van der Waals surface area contributed by atoms with Crippen LogP contribution in [-0.2, 0) is 20.2 Å². The molecule has 12 nitrogen and oxygen atoms in total. The molecule has 30 heavy (non-hydrogen) atoms. The molecule has 0 aromatic heterocycles. The molecule has 0 amide bonds. The quantitative estimate of drug-likeness (QED) is 0.218. The Hall–Kier alpha value is -3.46. The minimum absolute atomic E-state index is 0.281. The van der Waals surface area contributed by atoms with Gasteiger partial charge in [-0.05, 0) is 29.7 Å². The fraction of sp³-hybridized carbons (Fsp3) is 0. The van der Waals surface area contributed by atoms with Crippen LogP contribution in [0.4, 0.5) is 22.7 Å². The molecule has 0 saturated carbocycles. The number of nitrogens with two attached hydrogens (primary N) is 1. The van der Waals surface area contributed by atoms with Gasteiger partial charge in [0.1, 0.15) is 21.2 Å². The Labute approximate surface area is 169 Å². The van der Waals surface area contributed by atoms with E-state index in [2.05, 4.69) is 15.3 Å². The maximum Gasteiger partial charge on any atom is 0.296 e. The van der Waals surface area contributed by atoms with E-state index in [1.54, 1.807) is 30.3 Å². The molecule has 0 atom stereocenters. The SMILES string of the molecule is N=Nc1c(S(=O)(=O)O)cc2cc(S(=O)(=O)O)c(/N=N/c3ccccc3)c(O)c2c1N. The number of phenolic OH excluding ortho intramolecular Hbond substituents is 1. The van der Waals surface area contributed by atoms with Gasteiger partial charge in [0.15, 0.2) is 5.75 Å². The van der Waals surface area contributed by atoms with E-state index in [4.69, 9.17) is 11.3 Å². The van der Waals surface area contributed by atoms with Gasteiger partial charge in [-0.1, -0.05) is 18.2 Å². The number of anilines is 1. The molecule has 156 valence electrons. The first-order valence-electron chi connectivity index (χ1n) is 7.86. The molecule has 0 spiro atoms. The van der Waals surface area contributed by atoms with Gasteiger partial charge in [0, 0.05) is 0 Å². The molecule has 3 aromatic rings. The summed E-state index contributed by atoms with van der Waals surface area (Å²) in [5.41, 5.74) is 11.4. The number of phenols is 1. The van der Waals surface area contributed by atoms with E-state index in [1.165, 1.54) is 0 Å². The van der Waals surface area contributed by atoms with Crippen LogP contribution in [0.3, 0.4) is 0 Å². The molecule has 0 unspecified atom stereocenters. The van der Waals surface area contributed by atoms with Crippen LogP contribution in [0.15, 0.2) is 67.6 Å². The third-order valence-electron chi connectivity index (χ3n) is 4.00. The third kappa shape index (κ3) is 3.84. The van der Waals surface area contributed by atoms with Crippen LogP contribution in [0, 0.1) is 5.53 Å². The Morgan fingerprint density at radius 1 is 0.867 bits per heavy atom. The van der Waals surface area contributed by atoms with Crippen molar-refractivity contribution >= 4 is 53.8 Å². The lowest BCUT2D eigenvalue weighted by Crippen LogP contribution is -2.03. The maximum atomic E-state index is 11.8. The fourth-order valence-electron chi connectivity index (χ4n) is 2.72. The number of benzene rings is 3. The molecule has 0 radical (unpaired) electrons. The van der Waals surface area contributed by atoms with Crippen molar-refractivity contribution in [3.8, 4) is 5.75 Å². The number of nitrogens with one attached hydrogen (secondary N) is 1. The molecular weight excluding hydrogens is 438 g/mol. The molecule has 14 heteroatoms. The normalized spacial score (nSPS) is 12.5. The van der Waals surface area contributed by atoms with Crippen LogP contribution in [-0.4, -0.2) is 31.0 Å². The van der Waals surface area contributed by atoms with Crippen LogP contribution < -0.4 is 5.73 Å². The molecule has 0 fully saturated rings. The summed E-state index contributed by atoms with van der Waals surface area (Å²) >= 11 is 0. The summed E-state index contributed by atoms with van der Waals surface area (Å²) in [6, 6.07) is 9.60. The van der Waals surface area contributed by atoms with Gasteiger partial charge in [0.2, 0.25) is 0 Å². The molecule has 0 aliphatic heterocycles. The zero-order valence-electron chi connectivity index (χ0n) is 14.8. The zero-order chi connectivity index (χ0) is 22.3. The molecular formula is C16H13N5O7S2. The fourth-order valence-corrected chi connectivity index (χ4v) is 4.05. The van der Waals surface area contributed by atoms with Crippen molar-refractivity contribution in [1.29, 1.82) is 5.53 Å². The Balaban J connectivity index is 2.45. The van der Waals surface area contributed by atoms with Crippen molar-refractivity contribution in [3.63, 3.8) is 0 Å². The minimum atomic E-state index is -4.96. The Kier molecular flexibility index (Phi) is 5.25. The summed E-state index contributed by atoms with van der Waals surface area (Å²) in [5, 5.41) is 20.5. The first kappa shape index (κ1) is 21.3. The van der Waals surface area contributed by atoms with Crippen molar-refractivity contribution in [2.45, 2.75) is 9.79 Å². The van der Waals surface area contributed by atoms with E-state index in [0.29, 0.717) is 5.69 Å². The van der Waals surface area contributed by atoms with Gasteiger partial charge < -0.3 is 10.8 Å². The second-order valence-corrected chi connectivity index (χ2v) is 8.68. The number of hydrogen-bond donors (Lipinski definition) is 5. The summed E-state index contributed by atoms with van der Waals surface area (Å²) in [7, 11) is -9.86. The van der Waals surface area contributed by atoms with E-state index < -0.39 is 52.8 Å². The summed E-state index contributed by atoms with van der Waals surface area (Å²) < 4.78 is 65.8. The van der Waals surface area contributed by atoms with Crippen LogP contribution in [0.25, 0.3) is 10.8 Å². The molecule has 3 rings (SSSR count). The number of nitrogen functional groups attached to an aromatic ring is 1. The number of aromatic hydroxyl groups is 1. The molecule has 3 aromatic carbocycles. The number of azo groups is 1. The van der Waals surface area contributed by atoms with Crippen molar-refractivity contribution < 1.29 is 31.0 Å². The van der Waals surface area contributed by atoms with E-state index in [9.17, 15) is 31.0 Å². The lowest BCUT2D eigenvalue weighted by atomic mass is 10.1. The molecule has 0 aliphatic rings. The number of fused-ring (bicyclic) bond motifs is 1. The number of hydrogen-bond acceptors (Lipinski definition) is 10. The van der Waals surface area contributed by atoms with E-state index in [-0.39, 0.29) is 10.8 Å². The van der Waals surface area contributed by atoms with Crippen LogP contribution >= 0.6 is 0 Å². The monoisotopic (exact) mass is 451 g/mol. The number of rotatable bonds is 5. The van der Waals surface area contributed by atoms with Gasteiger partial charge in [-0.3, -0.25) is 9.11 Å². The molecule has 0 bridgehead atoms. The highest BCUT2D eigenvalue weighted by atomic mass is 32.2. The predicted molar refractivity (Wildman–Crippen MR) is 105 cm³/mol. The first-order valence-corrected chi connectivity index (χ1v) is 10.7. The molecule has 6 N–H and O–H groups in total. The van der Waals surface area contributed by atoms with Crippen molar-refractivity contribution in [1.82, 2.24) is 0 Å². The van der Waals surface area contributed by atoms with Gasteiger partial charge in [-0.15, -0.1) is 5.11 Å². The van der Waals surface area contributed by atoms with E-state index >= 15 is 0 Å². The van der Waals surface area contributed by atoms with Crippen LogP contribution in [0.1, 0.15) is 0 Å². The largest absolute Gasteiger partial charge is 0.505 e. The zero-order valence-corrected chi connectivity index (χ0v) is 16.4. The van der Waals surface area contributed by atoms with Crippen molar-refractivity contribution in [2.24, 2.45) is 15.3 Å². The Morgan fingerprint density at radius 2 is 1.40 bits per heavy atom. The summed E-state index contributed by atoms with van der Waals surface area (Å²) in [5.74, 6) is -0.857. The van der Waals surface area contributed by atoms with Crippen molar-refractivity contribution in [3.05, 3.63) is 42.5 Å². The van der Waals surface area contributed by atoms with E-state index in [1.807, 2.05) is 0 Å². The van der Waals surface area contributed by atoms with Crippen LogP contribution in [0.5, 0.6) is 5.75 Å². The Bertz CT molecular complexity index is 1420. The first-order chi connectivity index (χ1) is 13.9. The second-order valence-electron chi connectivity index (χ2n) is 5.90. The molecule has 0 heterocycles. The minimum Gasteiger partial charge on any atom is -0.505 e. The second kappa shape index (κ2) is 7.42. The lowest BCUT2D eigenvalue weighted by molar-refractivity contribution is 0.472. The number of nitrogens with zero attached hydrogens (tertiary/aromatic N) is 3. The maximum absolute atomic E-state index is 11.8.